The smallest absolute Gasteiger partial charge is 0.222 e. The summed E-state index contributed by atoms with van der Waals surface area (Å²) in [5.74, 6) is 0.355. The number of unbranched alkanes of at least 4 members (excludes halogenated alkanes) is 8. The van der Waals surface area contributed by atoms with Crippen LogP contribution < -0.4 is 11.1 Å². The van der Waals surface area contributed by atoms with Gasteiger partial charge in [0.1, 0.15) is 0 Å². The van der Waals surface area contributed by atoms with Gasteiger partial charge in [0.25, 0.3) is 0 Å². The Morgan fingerprint density at radius 3 is 1.77 bits per heavy atom. The molecule has 0 unspecified atom stereocenters. The third-order valence-electron chi connectivity index (χ3n) is 4.06. The van der Waals surface area contributed by atoms with Gasteiger partial charge in [-0.15, -0.1) is 24.8 Å². The second-order valence-electron chi connectivity index (χ2n) is 5.85. The van der Waals surface area contributed by atoms with Crippen molar-refractivity contribution >= 4 is 30.7 Å². The number of carbonyl (C=O) groups excluding carboxylic acids is 1. The van der Waals surface area contributed by atoms with Crippen LogP contribution in [0.1, 0.15) is 64.2 Å². The highest BCUT2D eigenvalue weighted by molar-refractivity contribution is 5.85. The van der Waals surface area contributed by atoms with Gasteiger partial charge in [-0.1, -0.05) is 44.9 Å². The number of nitrogens with zero attached hydrogens (tertiary/aromatic N) is 1. The Bertz CT molecular complexity index is 250. The first-order valence-electron chi connectivity index (χ1n) is 8.53. The Kier molecular flexibility index (Phi) is 19.1. The van der Waals surface area contributed by atoms with Crippen molar-refractivity contribution in [3.63, 3.8) is 0 Å². The van der Waals surface area contributed by atoms with Crippen LogP contribution in [0.2, 0.25) is 0 Å². The minimum absolute atomic E-state index is 0. The summed E-state index contributed by atoms with van der Waals surface area (Å²) in [5, 5.41) is 3.28. The molecule has 134 valence electrons. The summed E-state index contributed by atoms with van der Waals surface area (Å²) in [5.41, 5.74) is 5.47. The summed E-state index contributed by atoms with van der Waals surface area (Å²) in [7, 11) is 0. The second kappa shape index (κ2) is 17.3. The summed E-state index contributed by atoms with van der Waals surface area (Å²) in [4.78, 5) is 13.9. The topological polar surface area (TPSA) is 58.4 Å². The second-order valence-corrected chi connectivity index (χ2v) is 5.85. The van der Waals surface area contributed by atoms with Gasteiger partial charge in [0, 0.05) is 32.6 Å². The molecule has 0 aromatic rings. The lowest BCUT2D eigenvalue weighted by molar-refractivity contribution is -0.131. The maximum atomic E-state index is 11.9. The minimum atomic E-state index is 0. The fourth-order valence-electron chi connectivity index (χ4n) is 2.73. The normalized spacial score (nSPS) is 14.1. The number of rotatable bonds is 11. The number of halogens is 2. The van der Waals surface area contributed by atoms with Crippen LogP contribution in [0.25, 0.3) is 0 Å². The summed E-state index contributed by atoms with van der Waals surface area (Å²) in [6, 6.07) is 0. The molecule has 1 aliphatic rings. The van der Waals surface area contributed by atoms with Crippen molar-refractivity contribution in [2.75, 3.05) is 32.7 Å². The van der Waals surface area contributed by atoms with Crippen molar-refractivity contribution in [3.05, 3.63) is 0 Å². The van der Waals surface area contributed by atoms with Crippen LogP contribution in [-0.2, 0) is 4.79 Å². The first-order chi connectivity index (χ1) is 9.84. The lowest BCUT2D eigenvalue weighted by Crippen LogP contribution is -2.46. The average molecular weight is 356 g/mol. The van der Waals surface area contributed by atoms with Crippen molar-refractivity contribution in [1.29, 1.82) is 0 Å². The Morgan fingerprint density at radius 1 is 0.818 bits per heavy atom. The number of hydrogen-bond acceptors (Lipinski definition) is 3. The first-order valence-corrected chi connectivity index (χ1v) is 8.53. The zero-order valence-corrected chi connectivity index (χ0v) is 15.5. The largest absolute Gasteiger partial charge is 0.340 e. The molecule has 0 aromatic carbocycles. The van der Waals surface area contributed by atoms with Gasteiger partial charge in [-0.05, 0) is 19.4 Å². The van der Waals surface area contributed by atoms with E-state index in [-0.39, 0.29) is 24.8 Å². The van der Waals surface area contributed by atoms with E-state index in [1.54, 1.807) is 0 Å². The van der Waals surface area contributed by atoms with Crippen LogP contribution in [0.4, 0.5) is 0 Å². The van der Waals surface area contributed by atoms with E-state index in [1.165, 1.54) is 51.4 Å². The molecule has 0 atom stereocenters. The van der Waals surface area contributed by atoms with E-state index in [4.69, 9.17) is 5.73 Å². The summed E-state index contributed by atoms with van der Waals surface area (Å²) in [6.07, 6.45) is 12.1. The van der Waals surface area contributed by atoms with Crippen LogP contribution in [0.15, 0.2) is 0 Å². The third-order valence-corrected chi connectivity index (χ3v) is 4.06. The quantitative estimate of drug-likeness (QED) is 0.559. The van der Waals surface area contributed by atoms with Gasteiger partial charge in [0.2, 0.25) is 5.91 Å². The average Bonchev–Trinajstić information content (AvgIpc) is 2.50. The molecule has 1 saturated heterocycles. The minimum Gasteiger partial charge on any atom is -0.340 e. The van der Waals surface area contributed by atoms with E-state index in [0.717, 1.165) is 45.6 Å². The van der Waals surface area contributed by atoms with Crippen LogP contribution in [-0.4, -0.2) is 43.5 Å². The molecule has 0 aromatic heterocycles. The molecule has 6 heteroatoms. The molecule has 0 spiro atoms. The number of carbonyl (C=O) groups is 1. The van der Waals surface area contributed by atoms with Crippen molar-refractivity contribution in [2.45, 2.75) is 64.2 Å². The van der Waals surface area contributed by atoms with Gasteiger partial charge >= 0.3 is 0 Å². The predicted molar refractivity (Wildman–Crippen MR) is 99.2 cm³/mol. The Morgan fingerprint density at radius 2 is 1.27 bits per heavy atom. The van der Waals surface area contributed by atoms with Crippen LogP contribution in [0.5, 0.6) is 0 Å². The highest BCUT2D eigenvalue weighted by Crippen LogP contribution is 2.11. The molecular formula is C16H35Cl2N3O. The Balaban J connectivity index is 0. The van der Waals surface area contributed by atoms with Crippen LogP contribution in [0.3, 0.4) is 0 Å². The molecule has 4 nitrogen and oxygen atoms in total. The molecule has 0 saturated carbocycles. The standard InChI is InChI=1S/C16H33N3O.2ClH/c17-11-9-7-5-3-1-2-4-6-8-10-16(20)19-14-12-18-13-15-19;;/h18H,1-15,17H2;2*1H. The zero-order valence-electron chi connectivity index (χ0n) is 13.9. The van der Waals surface area contributed by atoms with Crippen molar-refractivity contribution < 1.29 is 4.79 Å². The zero-order chi connectivity index (χ0) is 14.5. The van der Waals surface area contributed by atoms with E-state index in [1.807, 2.05) is 4.90 Å². The predicted octanol–water partition coefficient (Wildman–Crippen LogP) is 3.12. The van der Waals surface area contributed by atoms with Gasteiger partial charge in [-0.2, -0.15) is 0 Å². The van der Waals surface area contributed by atoms with Gasteiger partial charge in [0.15, 0.2) is 0 Å². The van der Waals surface area contributed by atoms with Gasteiger partial charge in [0.05, 0.1) is 0 Å². The fraction of sp³-hybridized carbons (Fsp3) is 0.938. The van der Waals surface area contributed by atoms with Crippen molar-refractivity contribution in [3.8, 4) is 0 Å². The molecule has 3 N–H and O–H groups in total. The molecule has 1 heterocycles. The SMILES string of the molecule is Cl.Cl.NCCCCCCCCCCCC(=O)N1CCNCC1. The highest BCUT2D eigenvalue weighted by Gasteiger charge is 2.14. The lowest BCUT2D eigenvalue weighted by Gasteiger charge is -2.27. The number of piperazine rings is 1. The molecule has 1 fully saturated rings. The monoisotopic (exact) mass is 355 g/mol. The number of nitrogens with two attached hydrogens (primary N) is 1. The number of hydrogen-bond donors (Lipinski definition) is 2. The highest BCUT2D eigenvalue weighted by atomic mass is 35.5. The first kappa shape index (κ1) is 24.2. The van der Waals surface area contributed by atoms with Gasteiger partial charge in [-0.25, -0.2) is 0 Å². The molecule has 1 amide bonds. The van der Waals surface area contributed by atoms with E-state index in [0.29, 0.717) is 5.91 Å². The maximum Gasteiger partial charge on any atom is 0.222 e. The summed E-state index contributed by atoms with van der Waals surface area (Å²) < 4.78 is 0. The van der Waals surface area contributed by atoms with Crippen LogP contribution >= 0.6 is 24.8 Å². The number of amides is 1. The maximum absolute atomic E-state index is 11.9. The lowest BCUT2D eigenvalue weighted by atomic mass is 10.1. The molecule has 0 bridgehead atoms. The third kappa shape index (κ3) is 12.5. The molecule has 1 aliphatic heterocycles. The van der Waals surface area contributed by atoms with E-state index in [2.05, 4.69) is 5.32 Å². The summed E-state index contributed by atoms with van der Waals surface area (Å²) >= 11 is 0. The summed E-state index contributed by atoms with van der Waals surface area (Å²) in [6.45, 7) is 4.52. The van der Waals surface area contributed by atoms with Crippen molar-refractivity contribution in [1.82, 2.24) is 10.2 Å². The van der Waals surface area contributed by atoms with E-state index < -0.39 is 0 Å². The molecule has 0 radical (unpaired) electrons. The molecule has 0 aliphatic carbocycles. The van der Waals surface area contributed by atoms with Gasteiger partial charge in [-0.3, -0.25) is 4.79 Å². The van der Waals surface area contributed by atoms with Gasteiger partial charge < -0.3 is 16.0 Å². The molecular weight excluding hydrogens is 321 g/mol. The van der Waals surface area contributed by atoms with Crippen molar-refractivity contribution in [2.24, 2.45) is 5.73 Å². The number of nitrogens with one attached hydrogen (secondary N) is 1. The Hall–Kier alpha value is -0.0300. The van der Waals surface area contributed by atoms with Crippen LogP contribution in [0, 0.1) is 0 Å². The Labute approximate surface area is 148 Å². The fourth-order valence-corrected chi connectivity index (χ4v) is 2.73. The molecule has 1 rings (SSSR count). The van der Waals surface area contributed by atoms with E-state index >= 15 is 0 Å². The van der Waals surface area contributed by atoms with E-state index in [9.17, 15) is 4.79 Å². The molecule has 22 heavy (non-hydrogen) atoms.